The summed E-state index contributed by atoms with van der Waals surface area (Å²) in [6.07, 6.45) is -3.19. The molecule has 0 aliphatic rings. The molecular formula is C22H22F3N3O2S. The SMILES string of the molecule is CCOC(=O)CCCSc1nnc(Cc2ccccc2)n1-c1cccc(C(F)(F)F)c1. The second-order valence-corrected chi connectivity index (χ2v) is 7.76. The highest BCUT2D eigenvalue weighted by atomic mass is 32.2. The average Bonchev–Trinajstić information content (AvgIpc) is 3.14. The number of aromatic nitrogens is 3. The van der Waals surface area contributed by atoms with Gasteiger partial charge in [0.1, 0.15) is 5.82 Å². The predicted molar refractivity (Wildman–Crippen MR) is 112 cm³/mol. The van der Waals surface area contributed by atoms with Crippen molar-refractivity contribution in [1.82, 2.24) is 14.8 Å². The number of rotatable bonds is 9. The van der Waals surface area contributed by atoms with Crippen molar-refractivity contribution in [1.29, 1.82) is 0 Å². The molecule has 5 nitrogen and oxygen atoms in total. The van der Waals surface area contributed by atoms with Crippen LogP contribution in [0.25, 0.3) is 5.69 Å². The lowest BCUT2D eigenvalue weighted by Gasteiger charge is -2.13. The standard InChI is InChI=1S/C22H22F3N3O2S/c1-2-30-20(29)12-7-13-31-21-27-26-19(14-16-8-4-3-5-9-16)28(21)18-11-6-10-17(15-18)22(23,24)25/h3-6,8-11,15H,2,7,12-14H2,1H3. The molecule has 0 aliphatic carbocycles. The summed E-state index contributed by atoms with van der Waals surface area (Å²) in [6, 6.07) is 14.7. The molecule has 0 N–H and O–H groups in total. The van der Waals surface area contributed by atoms with E-state index in [1.165, 1.54) is 17.8 Å². The third kappa shape index (κ3) is 6.33. The fraction of sp³-hybridized carbons (Fsp3) is 0.318. The molecule has 1 aromatic heterocycles. The number of alkyl halides is 3. The highest BCUT2D eigenvalue weighted by Crippen LogP contribution is 2.32. The molecular weight excluding hydrogens is 427 g/mol. The molecule has 0 spiro atoms. The molecule has 1 heterocycles. The number of thioether (sulfide) groups is 1. The number of hydrogen-bond donors (Lipinski definition) is 0. The van der Waals surface area contributed by atoms with E-state index in [1.807, 2.05) is 30.3 Å². The minimum Gasteiger partial charge on any atom is -0.466 e. The first-order valence-corrected chi connectivity index (χ1v) is 10.8. The molecule has 0 aliphatic heterocycles. The van der Waals surface area contributed by atoms with Gasteiger partial charge in [0.15, 0.2) is 5.16 Å². The zero-order valence-corrected chi connectivity index (χ0v) is 17.7. The van der Waals surface area contributed by atoms with E-state index in [9.17, 15) is 18.0 Å². The summed E-state index contributed by atoms with van der Waals surface area (Å²) >= 11 is 1.35. The van der Waals surface area contributed by atoms with Gasteiger partial charge in [0.2, 0.25) is 0 Å². The summed E-state index contributed by atoms with van der Waals surface area (Å²) in [7, 11) is 0. The first-order valence-electron chi connectivity index (χ1n) is 9.82. The van der Waals surface area contributed by atoms with E-state index in [2.05, 4.69) is 10.2 Å². The van der Waals surface area contributed by atoms with E-state index in [0.717, 1.165) is 17.7 Å². The second-order valence-electron chi connectivity index (χ2n) is 6.70. The summed E-state index contributed by atoms with van der Waals surface area (Å²) < 4.78 is 46.3. The first-order chi connectivity index (χ1) is 14.9. The predicted octanol–water partition coefficient (Wildman–Crippen LogP) is 5.31. The monoisotopic (exact) mass is 449 g/mol. The van der Waals surface area contributed by atoms with Crippen LogP contribution in [0.4, 0.5) is 13.2 Å². The van der Waals surface area contributed by atoms with Crippen molar-refractivity contribution in [2.75, 3.05) is 12.4 Å². The Kier molecular flexibility index (Phi) is 7.73. The number of nitrogens with zero attached hydrogens (tertiary/aromatic N) is 3. The van der Waals surface area contributed by atoms with E-state index in [0.29, 0.717) is 41.9 Å². The smallest absolute Gasteiger partial charge is 0.416 e. The van der Waals surface area contributed by atoms with E-state index in [-0.39, 0.29) is 12.4 Å². The fourth-order valence-corrected chi connectivity index (χ4v) is 3.89. The molecule has 3 rings (SSSR count). The molecule has 0 radical (unpaired) electrons. The molecule has 3 aromatic rings. The van der Waals surface area contributed by atoms with Gasteiger partial charge in [0.25, 0.3) is 0 Å². The fourth-order valence-electron chi connectivity index (χ4n) is 2.98. The highest BCUT2D eigenvalue weighted by molar-refractivity contribution is 7.99. The number of hydrogen-bond acceptors (Lipinski definition) is 5. The van der Waals surface area contributed by atoms with Gasteiger partial charge in [-0.1, -0.05) is 48.2 Å². The maximum Gasteiger partial charge on any atom is 0.416 e. The number of benzene rings is 2. The second kappa shape index (κ2) is 10.5. The molecule has 2 aromatic carbocycles. The highest BCUT2D eigenvalue weighted by Gasteiger charge is 2.31. The Balaban J connectivity index is 1.86. The average molecular weight is 449 g/mol. The van der Waals surface area contributed by atoms with Crippen LogP contribution < -0.4 is 0 Å². The molecule has 9 heteroatoms. The van der Waals surface area contributed by atoms with Crippen LogP contribution in [0.3, 0.4) is 0 Å². The quantitative estimate of drug-likeness (QED) is 0.252. The third-order valence-electron chi connectivity index (χ3n) is 4.40. The summed E-state index contributed by atoms with van der Waals surface area (Å²) in [6.45, 7) is 2.08. The van der Waals surface area contributed by atoms with Crippen LogP contribution in [0.1, 0.15) is 36.7 Å². The van der Waals surface area contributed by atoms with Crippen molar-refractivity contribution in [3.05, 3.63) is 71.5 Å². The van der Waals surface area contributed by atoms with Gasteiger partial charge in [-0.15, -0.1) is 10.2 Å². The van der Waals surface area contributed by atoms with Crippen molar-refractivity contribution in [2.45, 2.75) is 37.5 Å². The lowest BCUT2D eigenvalue weighted by Crippen LogP contribution is -2.08. The lowest BCUT2D eigenvalue weighted by atomic mass is 10.1. The number of esters is 1. The molecule has 164 valence electrons. The largest absolute Gasteiger partial charge is 0.466 e. The Morgan fingerprint density at radius 1 is 1.10 bits per heavy atom. The van der Waals surface area contributed by atoms with Gasteiger partial charge in [-0.3, -0.25) is 9.36 Å². The summed E-state index contributed by atoms with van der Waals surface area (Å²) in [5.41, 5.74) is 0.586. The minimum atomic E-state index is -4.45. The van der Waals surface area contributed by atoms with Crippen molar-refractivity contribution in [3.63, 3.8) is 0 Å². The van der Waals surface area contributed by atoms with Gasteiger partial charge in [0, 0.05) is 18.6 Å². The maximum atomic E-state index is 13.3. The van der Waals surface area contributed by atoms with Gasteiger partial charge < -0.3 is 4.74 Å². The summed E-state index contributed by atoms with van der Waals surface area (Å²) in [5, 5.41) is 8.93. The van der Waals surface area contributed by atoms with Crippen LogP contribution in [0.5, 0.6) is 0 Å². The Labute approximate surface area is 182 Å². The molecule has 0 saturated carbocycles. The lowest BCUT2D eigenvalue weighted by molar-refractivity contribution is -0.143. The van der Waals surface area contributed by atoms with Crippen LogP contribution >= 0.6 is 11.8 Å². The van der Waals surface area contributed by atoms with Crippen molar-refractivity contribution in [3.8, 4) is 5.69 Å². The van der Waals surface area contributed by atoms with Gasteiger partial charge >= 0.3 is 12.1 Å². The molecule has 31 heavy (non-hydrogen) atoms. The number of carbonyl (C=O) groups excluding carboxylic acids is 1. The Morgan fingerprint density at radius 3 is 2.58 bits per heavy atom. The molecule has 0 unspecified atom stereocenters. The van der Waals surface area contributed by atoms with Gasteiger partial charge in [0.05, 0.1) is 17.9 Å². The number of ether oxygens (including phenoxy) is 1. The zero-order valence-electron chi connectivity index (χ0n) is 16.9. The Morgan fingerprint density at radius 2 is 1.87 bits per heavy atom. The van der Waals surface area contributed by atoms with E-state index < -0.39 is 11.7 Å². The minimum absolute atomic E-state index is 0.271. The van der Waals surface area contributed by atoms with Crippen molar-refractivity contribution < 1.29 is 22.7 Å². The summed E-state index contributed by atoms with van der Waals surface area (Å²) in [4.78, 5) is 11.5. The van der Waals surface area contributed by atoms with Crippen molar-refractivity contribution in [2.24, 2.45) is 0 Å². The van der Waals surface area contributed by atoms with Crippen LogP contribution in [0.2, 0.25) is 0 Å². The van der Waals surface area contributed by atoms with Gasteiger partial charge in [-0.05, 0) is 37.1 Å². The van der Waals surface area contributed by atoms with E-state index in [1.54, 1.807) is 17.6 Å². The van der Waals surface area contributed by atoms with Gasteiger partial charge in [-0.2, -0.15) is 13.2 Å². The Hall–Kier alpha value is -2.81. The molecule has 0 atom stereocenters. The van der Waals surface area contributed by atoms with Crippen molar-refractivity contribution >= 4 is 17.7 Å². The van der Waals surface area contributed by atoms with E-state index in [4.69, 9.17) is 4.74 Å². The zero-order chi connectivity index (χ0) is 22.3. The van der Waals surface area contributed by atoms with E-state index >= 15 is 0 Å². The van der Waals surface area contributed by atoms with Crippen LogP contribution in [-0.2, 0) is 22.1 Å². The molecule has 0 fully saturated rings. The maximum absolute atomic E-state index is 13.3. The normalized spacial score (nSPS) is 11.5. The number of carbonyl (C=O) groups is 1. The molecule has 0 saturated heterocycles. The third-order valence-corrected chi connectivity index (χ3v) is 5.41. The molecule has 0 amide bonds. The topological polar surface area (TPSA) is 57.0 Å². The molecule has 0 bridgehead atoms. The van der Waals surface area contributed by atoms with Crippen LogP contribution in [0, 0.1) is 0 Å². The Bertz CT molecular complexity index is 1010. The number of halogens is 3. The summed E-state index contributed by atoms with van der Waals surface area (Å²) in [5.74, 6) is 0.826. The van der Waals surface area contributed by atoms with Gasteiger partial charge in [-0.25, -0.2) is 0 Å². The first kappa shape index (κ1) is 22.9. The van der Waals surface area contributed by atoms with Crippen LogP contribution in [0.15, 0.2) is 59.8 Å². The van der Waals surface area contributed by atoms with Crippen LogP contribution in [-0.4, -0.2) is 33.1 Å².